The van der Waals surface area contributed by atoms with Crippen LogP contribution in [0.4, 0.5) is 13.2 Å². The Bertz CT molecular complexity index is 801. The van der Waals surface area contributed by atoms with E-state index in [9.17, 15) is 13.2 Å². The van der Waals surface area contributed by atoms with Crippen LogP contribution in [0.3, 0.4) is 0 Å². The van der Waals surface area contributed by atoms with E-state index in [0.717, 1.165) is 22.5 Å². The highest BCUT2D eigenvalue weighted by Crippen LogP contribution is 2.31. The van der Waals surface area contributed by atoms with Gasteiger partial charge in [0.15, 0.2) is 23.2 Å². The second-order valence-corrected chi connectivity index (χ2v) is 6.69. The molecule has 1 aromatic carbocycles. The number of nitrogens with one attached hydrogen (secondary N) is 2. The van der Waals surface area contributed by atoms with Crippen molar-refractivity contribution in [3.63, 3.8) is 0 Å². The van der Waals surface area contributed by atoms with Crippen molar-refractivity contribution in [3.8, 4) is 11.5 Å². The number of hydrogen-bond donors (Lipinski definition) is 2. The Hall–Kier alpha value is -1.76. The number of benzene rings is 1. The number of guanidine groups is 1. The maximum absolute atomic E-state index is 12.6. The van der Waals surface area contributed by atoms with Gasteiger partial charge in [-0.25, -0.2) is 4.98 Å². The lowest BCUT2D eigenvalue weighted by molar-refractivity contribution is -0.140. The molecular formula is C17H20F3IN4O2S. The topological polar surface area (TPSA) is 67.8 Å². The average molecular weight is 528 g/mol. The number of nitrogens with zero attached hydrogens (tertiary/aromatic N) is 2. The summed E-state index contributed by atoms with van der Waals surface area (Å²) >= 11 is 0.997. The quantitative estimate of drug-likeness (QED) is 0.354. The summed E-state index contributed by atoms with van der Waals surface area (Å²) in [6.45, 7) is 1.30. The van der Waals surface area contributed by atoms with Crippen LogP contribution in [0.15, 0.2) is 34.6 Å². The number of para-hydroxylation sites is 2. The van der Waals surface area contributed by atoms with E-state index in [1.807, 2.05) is 24.3 Å². The lowest BCUT2D eigenvalue weighted by Crippen LogP contribution is -2.45. The van der Waals surface area contributed by atoms with Crippen LogP contribution in [0.25, 0.3) is 0 Å². The van der Waals surface area contributed by atoms with Crippen LogP contribution in [0.5, 0.6) is 11.5 Å². The van der Waals surface area contributed by atoms with Crippen molar-refractivity contribution in [3.05, 3.63) is 40.3 Å². The predicted molar refractivity (Wildman–Crippen MR) is 112 cm³/mol. The van der Waals surface area contributed by atoms with E-state index in [1.54, 1.807) is 7.05 Å². The van der Waals surface area contributed by atoms with Crippen LogP contribution in [-0.2, 0) is 12.6 Å². The number of hydrogen-bond acceptors (Lipinski definition) is 5. The summed E-state index contributed by atoms with van der Waals surface area (Å²) < 4.78 is 49.2. The van der Waals surface area contributed by atoms with Gasteiger partial charge in [0.1, 0.15) is 12.7 Å². The predicted octanol–water partition coefficient (Wildman–Crippen LogP) is 3.33. The van der Waals surface area contributed by atoms with Crippen LogP contribution < -0.4 is 20.1 Å². The molecule has 1 unspecified atom stereocenters. The third-order valence-corrected chi connectivity index (χ3v) is 4.67. The Labute approximate surface area is 181 Å². The van der Waals surface area contributed by atoms with E-state index in [0.29, 0.717) is 42.8 Å². The maximum atomic E-state index is 12.6. The molecule has 1 aliphatic rings. The Morgan fingerprint density at radius 2 is 2.04 bits per heavy atom. The zero-order valence-electron chi connectivity index (χ0n) is 15.0. The molecule has 0 saturated carbocycles. The minimum absolute atomic E-state index is 0. The molecule has 28 heavy (non-hydrogen) atoms. The Morgan fingerprint density at radius 3 is 2.71 bits per heavy atom. The summed E-state index contributed by atoms with van der Waals surface area (Å²) in [5, 5.41) is 7.63. The smallest absolute Gasteiger partial charge is 0.434 e. The van der Waals surface area contributed by atoms with Gasteiger partial charge < -0.3 is 20.1 Å². The van der Waals surface area contributed by atoms with Gasteiger partial charge in [-0.3, -0.25) is 4.99 Å². The van der Waals surface area contributed by atoms with E-state index in [2.05, 4.69) is 20.6 Å². The Kier molecular flexibility index (Phi) is 8.16. The highest BCUT2D eigenvalue weighted by molar-refractivity contribution is 14.0. The first-order chi connectivity index (χ1) is 13.0. The second-order valence-electron chi connectivity index (χ2n) is 5.75. The number of fused-ring (bicyclic) bond motifs is 1. The molecule has 1 aliphatic heterocycles. The number of aliphatic imine (C=N–C) groups is 1. The molecule has 2 aromatic rings. The molecule has 0 bridgehead atoms. The van der Waals surface area contributed by atoms with E-state index in [-0.39, 0.29) is 30.1 Å². The van der Waals surface area contributed by atoms with Crippen molar-refractivity contribution in [2.75, 3.05) is 26.7 Å². The number of rotatable bonds is 5. The first kappa shape index (κ1) is 22.5. The van der Waals surface area contributed by atoms with E-state index < -0.39 is 11.9 Å². The summed E-state index contributed by atoms with van der Waals surface area (Å²) in [7, 11) is 1.62. The molecule has 1 aromatic heterocycles. The van der Waals surface area contributed by atoms with Gasteiger partial charge in [0.25, 0.3) is 0 Å². The summed E-state index contributed by atoms with van der Waals surface area (Å²) in [6.07, 6.45) is -4.20. The minimum Gasteiger partial charge on any atom is -0.486 e. The molecule has 0 radical (unpaired) electrons. The van der Waals surface area contributed by atoms with Crippen LogP contribution in [0.1, 0.15) is 10.7 Å². The SMILES string of the molecule is CN=C(NCCc1nc(C(F)(F)F)cs1)NCC1COc2ccccc2O1.I. The third-order valence-electron chi connectivity index (χ3n) is 3.76. The van der Waals surface area contributed by atoms with E-state index in [4.69, 9.17) is 9.47 Å². The highest BCUT2D eigenvalue weighted by Gasteiger charge is 2.33. The van der Waals surface area contributed by atoms with Gasteiger partial charge in [-0.05, 0) is 12.1 Å². The standard InChI is InChI=1S/C17H19F3N4O2S.HI/c1-21-16(22-7-6-15-24-14(10-27-15)17(18,19)20)23-8-11-9-25-12-4-2-3-5-13(12)26-11;/h2-5,10-11H,6-9H2,1H3,(H2,21,22,23);1H. The minimum atomic E-state index is -4.40. The van der Waals surface area contributed by atoms with Gasteiger partial charge in [0.05, 0.1) is 11.6 Å². The van der Waals surface area contributed by atoms with Gasteiger partial charge in [0.2, 0.25) is 0 Å². The Morgan fingerprint density at radius 1 is 1.29 bits per heavy atom. The largest absolute Gasteiger partial charge is 0.486 e. The number of thiazole rings is 1. The molecule has 154 valence electrons. The van der Waals surface area contributed by atoms with Gasteiger partial charge in [0, 0.05) is 25.4 Å². The van der Waals surface area contributed by atoms with Gasteiger partial charge in [-0.15, -0.1) is 35.3 Å². The first-order valence-corrected chi connectivity index (χ1v) is 9.18. The summed E-state index contributed by atoms with van der Waals surface area (Å²) in [4.78, 5) is 7.70. The van der Waals surface area contributed by atoms with Crippen molar-refractivity contribution in [2.24, 2.45) is 4.99 Å². The maximum Gasteiger partial charge on any atom is 0.434 e. The fourth-order valence-corrected chi connectivity index (χ4v) is 3.24. The van der Waals surface area contributed by atoms with Crippen LogP contribution in [0.2, 0.25) is 0 Å². The van der Waals surface area contributed by atoms with E-state index >= 15 is 0 Å². The molecule has 0 fully saturated rings. The Balaban J connectivity index is 0.00000280. The summed E-state index contributed by atoms with van der Waals surface area (Å²) in [5.74, 6) is 1.95. The second kappa shape index (κ2) is 10.1. The van der Waals surface area contributed by atoms with Crippen molar-refractivity contribution >= 4 is 41.3 Å². The van der Waals surface area contributed by atoms with Crippen molar-refractivity contribution in [2.45, 2.75) is 18.7 Å². The van der Waals surface area contributed by atoms with Gasteiger partial charge >= 0.3 is 6.18 Å². The number of alkyl halides is 3. The van der Waals surface area contributed by atoms with Crippen LogP contribution in [0, 0.1) is 0 Å². The molecule has 0 aliphatic carbocycles. The molecule has 11 heteroatoms. The molecule has 2 N–H and O–H groups in total. The van der Waals surface area contributed by atoms with Crippen molar-refractivity contribution < 1.29 is 22.6 Å². The highest BCUT2D eigenvalue weighted by atomic mass is 127. The monoisotopic (exact) mass is 528 g/mol. The van der Waals surface area contributed by atoms with Crippen molar-refractivity contribution in [1.82, 2.24) is 15.6 Å². The lowest BCUT2D eigenvalue weighted by atomic mass is 10.2. The average Bonchev–Trinajstić information content (AvgIpc) is 3.14. The number of halogens is 4. The van der Waals surface area contributed by atoms with E-state index in [1.165, 1.54) is 0 Å². The van der Waals surface area contributed by atoms with Crippen molar-refractivity contribution in [1.29, 1.82) is 0 Å². The summed E-state index contributed by atoms with van der Waals surface area (Å²) in [5.41, 5.74) is -0.847. The fourth-order valence-electron chi connectivity index (χ4n) is 2.44. The molecule has 2 heterocycles. The molecule has 6 nitrogen and oxygen atoms in total. The zero-order valence-corrected chi connectivity index (χ0v) is 18.1. The molecule has 0 amide bonds. The normalized spacial score (nSPS) is 16.3. The first-order valence-electron chi connectivity index (χ1n) is 8.30. The molecule has 0 saturated heterocycles. The summed E-state index contributed by atoms with van der Waals surface area (Å²) in [6, 6.07) is 7.45. The fraction of sp³-hybridized carbons (Fsp3) is 0.412. The molecule has 1 atom stereocenters. The third kappa shape index (κ3) is 6.12. The zero-order chi connectivity index (χ0) is 19.3. The number of ether oxygens (including phenoxy) is 2. The van der Waals surface area contributed by atoms with Crippen LogP contribution in [-0.4, -0.2) is 43.8 Å². The van der Waals surface area contributed by atoms with Gasteiger partial charge in [-0.1, -0.05) is 12.1 Å². The number of aromatic nitrogens is 1. The van der Waals surface area contributed by atoms with Crippen LogP contribution >= 0.6 is 35.3 Å². The molecule has 0 spiro atoms. The molecule has 3 rings (SSSR count). The van der Waals surface area contributed by atoms with Gasteiger partial charge in [-0.2, -0.15) is 13.2 Å². The molecular weight excluding hydrogens is 508 g/mol. The lowest BCUT2D eigenvalue weighted by Gasteiger charge is -2.27.